The Morgan fingerprint density at radius 2 is 1.96 bits per heavy atom. The molecular formula is C17H11F3N2O4. The number of carbonyl (C=O) groups excluding carboxylic acids is 1. The van der Waals surface area contributed by atoms with Gasteiger partial charge in [-0.15, -0.1) is 13.2 Å². The van der Waals surface area contributed by atoms with Gasteiger partial charge in [0.15, 0.2) is 11.4 Å². The van der Waals surface area contributed by atoms with Crippen LogP contribution in [0.25, 0.3) is 16.7 Å². The molecule has 134 valence electrons. The van der Waals surface area contributed by atoms with Gasteiger partial charge in [-0.2, -0.15) is 0 Å². The second-order valence-electron chi connectivity index (χ2n) is 5.34. The first-order valence-electron chi connectivity index (χ1n) is 7.29. The molecule has 0 radical (unpaired) electrons. The maximum Gasteiger partial charge on any atom is 0.573 e. The van der Waals surface area contributed by atoms with E-state index < -0.39 is 34.8 Å². The van der Waals surface area contributed by atoms with Gasteiger partial charge in [-0.3, -0.25) is 14.2 Å². The highest BCUT2D eigenvalue weighted by molar-refractivity contribution is 6.01. The molecule has 0 saturated heterocycles. The van der Waals surface area contributed by atoms with E-state index >= 15 is 0 Å². The summed E-state index contributed by atoms with van der Waals surface area (Å²) in [6.07, 6.45) is -3.55. The molecule has 0 saturated carbocycles. The van der Waals surface area contributed by atoms with Crippen LogP contribution < -0.4 is 10.3 Å². The number of ether oxygens (including phenoxy) is 1. The number of alkyl halides is 3. The molecule has 0 unspecified atom stereocenters. The number of hydrogen-bond donors (Lipinski definition) is 1. The number of aromatic hydroxyl groups is 1. The summed E-state index contributed by atoms with van der Waals surface area (Å²) in [6.45, 7) is 1.10. The number of fused-ring (bicyclic) bond motifs is 1. The maximum absolute atomic E-state index is 12.7. The molecule has 3 aromatic rings. The van der Waals surface area contributed by atoms with Gasteiger partial charge in [-0.1, -0.05) is 6.07 Å². The number of halogens is 3. The van der Waals surface area contributed by atoms with Gasteiger partial charge in [-0.25, -0.2) is 4.98 Å². The number of hydrogen-bond acceptors (Lipinski definition) is 5. The molecule has 0 atom stereocenters. The molecule has 0 amide bonds. The van der Waals surface area contributed by atoms with Crippen LogP contribution in [0.3, 0.4) is 0 Å². The first-order valence-corrected chi connectivity index (χ1v) is 7.29. The molecule has 0 aliphatic rings. The van der Waals surface area contributed by atoms with E-state index in [1.165, 1.54) is 30.5 Å². The van der Waals surface area contributed by atoms with Gasteiger partial charge in [0, 0.05) is 12.3 Å². The molecule has 1 N–H and O–H groups in total. The third kappa shape index (κ3) is 3.10. The Kier molecular flexibility index (Phi) is 4.15. The van der Waals surface area contributed by atoms with Gasteiger partial charge in [0.25, 0.3) is 5.56 Å². The number of nitrogens with zero attached hydrogens (tertiary/aromatic N) is 2. The molecule has 9 heteroatoms. The van der Waals surface area contributed by atoms with Crippen molar-refractivity contribution in [1.29, 1.82) is 0 Å². The van der Waals surface area contributed by atoms with Gasteiger partial charge in [0.2, 0.25) is 0 Å². The monoisotopic (exact) mass is 364 g/mol. The summed E-state index contributed by atoms with van der Waals surface area (Å²) >= 11 is 0. The summed E-state index contributed by atoms with van der Waals surface area (Å²) < 4.78 is 42.2. The van der Waals surface area contributed by atoms with Crippen LogP contribution in [0.5, 0.6) is 11.5 Å². The number of rotatable bonds is 3. The number of pyridine rings is 2. The fourth-order valence-electron chi connectivity index (χ4n) is 2.58. The van der Waals surface area contributed by atoms with Crippen molar-refractivity contribution in [2.45, 2.75) is 13.3 Å². The summed E-state index contributed by atoms with van der Waals surface area (Å²) in [5.74, 6) is -1.75. The summed E-state index contributed by atoms with van der Waals surface area (Å²) in [5.41, 5.74) is -1.38. The van der Waals surface area contributed by atoms with Crippen LogP contribution in [-0.2, 0) is 0 Å². The minimum absolute atomic E-state index is 0.00273. The number of ketones is 1. The normalized spacial score (nSPS) is 11.5. The molecule has 2 heterocycles. The molecule has 0 aliphatic carbocycles. The zero-order chi connectivity index (χ0) is 19.1. The minimum atomic E-state index is -4.90. The van der Waals surface area contributed by atoms with Gasteiger partial charge >= 0.3 is 6.36 Å². The van der Waals surface area contributed by atoms with E-state index in [-0.39, 0.29) is 16.7 Å². The second kappa shape index (κ2) is 6.17. The smallest absolute Gasteiger partial charge is 0.506 e. The molecule has 1 aromatic carbocycles. The lowest BCUT2D eigenvalue weighted by atomic mass is 10.1. The van der Waals surface area contributed by atoms with Crippen molar-refractivity contribution in [3.8, 4) is 17.2 Å². The maximum atomic E-state index is 12.7. The highest BCUT2D eigenvalue weighted by atomic mass is 19.4. The molecule has 2 aromatic heterocycles. The molecule has 3 rings (SSSR count). The predicted octanol–water partition coefficient (Wildman–Crippen LogP) is 3.19. The van der Waals surface area contributed by atoms with E-state index in [4.69, 9.17) is 0 Å². The van der Waals surface area contributed by atoms with Crippen LogP contribution >= 0.6 is 0 Å². The quantitative estimate of drug-likeness (QED) is 0.722. The Balaban J connectivity index is 2.34. The largest absolute Gasteiger partial charge is 0.573 e. The molecule has 0 spiro atoms. The fraction of sp³-hybridized carbons (Fsp3) is 0.118. The summed E-state index contributed by atoms with van der Waals surface area (Å²) in [7, 11) is 0. The van der Waals surface area contributed by atoms with Crippen LogP contribution in [0.1, 0.15) is 17.3 Å². The SMILES string of the molecule is CC(=O)c1c(O)c2cccnc2n(-c2cccc(OC(F)(F)F)c2)c1=O. The molecular weight excluding hydrogens is 353 g/mol. The Bertz CT molecular complexity index is 1070. The molecule has 0 bridgehead atoms. The average molecular weight is 364 g/mol. The first kappa shape index (κ1) is 17.5. The zero-order valence-electron chi connectivity index (χ0n) is 13.2. The Hall–Kier alpha value is -3.36. The standard InChI is InChI=1S/C17H11F3N2O4/c1-9(23)13-14(24)12-6-3-7-21-15(12)22(16(13)25)10-4-2-5-11(8-10)26-17(18,19)20/h2-8,24H,1H3. The van der Waals surface area contributed by atoms with Crippen LogP contribution in [0, 0.1) is 0 Å². The third-order valence-corrected chi connectivity index (χ3v) is 3.57. The fourth-order valence-corrected chi connectivity index (χ4v) is 2.58. The van der Waals surface area contributed by atoms with E-state index in [1.54, 1.807) is 0 Å². The van der Waals surface area contributed by atoms with Crippen LogP contribution in [-0.4, -0.2) is 26.8 Å². The summed E-state index contributed by atoms with van der Waals surface area (Å²) in [5, 5.41) is 10.3. The average Bonchev–Trinajstić information content (AvgIpc) is 2.53. The lowest BCUT2D eigenvalue weighted by molar-refractivity contribution is -0.274. The van der Waals surface area contributed by atoms with E-state index in [0.29, 0.717) is 0 Å². The molecule has 0 fully saturated rings. The van der Waals surface area contributed by atoms with Gasteiger partial charge in [-0.05, 0) is 31.2 Å². The van der Waals surface area contributed by atoms with E-state index in [9.17, 15) is 27.9 Å². The van der Waals surface area contributed by atoms with Crippen molar-refractivity contribution >= 4 is 16.8 Å². The van der Waals surface area contributed by atoms with E-state index in [1.807, 2.05) is 0 Å². The van der Waals surface area contributed by atoms with E-state index in [0.717, 1.165) is 23.6 Å². The van der Waals surface area contributed by atoms with Crippen molar-refractivity contribution in [3.63, 3.8) is 0 Å². The van der Waals surface area contributed by atoms with Crippen molar-refractivity contribution in [3.05, 3.63) is 58.5 Å². The Morgan fingerprint density at radius 3 is 2.62 bits per heavy atom. The molecule has 6 nitrogen and oxygen atoms in total. The van der Waals surface area contributed by atoms with Crippen molar-refractivity contribution in [2.24, 2.45) is 0 Å². The molecule has 0 aliphatic heterocycles. The van der Waals surface area contributed by atoms with Crippen LogP contribution in [0.2, 0.25) is 0 Å². The molecule has 26 heavy (non-hydrogen) atoms. The van der Waals surface area contributed by atoms with E-state index in [2.05, 4.69) is 9.72 Å². The predicted molar refractivity (Wildman–Crippen MR) is 85.7 cm³/mol. The number of carbonyl (C=O) groups is 1. The summed E-state index contributed by atoms with van der Waals surface area (Å²) in [6, 6.07) is 7.62. The van der Waals surface area contributed by atoms with Crippen molar-refractivity contribution in [1.82, 2.24) is 9.55 Å². The summed E-state index contributed by atoms with van der Waals surface area (Å²) in [4.78, 5) is 28.5. The minimum Gasteiger partial charge on any atom is -0.506 e. The Morgan fingerprint density at radius 1 is 1.23 bits per heavy atom. The lowest BCUT2D eigenvalue weighted by Crippen LogP contribution is -2.25. The van der Waals surface area contributed by atoms with Crippen molar-refractivity contribution in [2.75, 3.05) is 0 Å². The van der Waals surface area contributed by atoms with Gasteiger partial charge < -0.3 is 9.84 Å². The number of benzene rings is 1. The highest BCUT2D eigenvalue weighted by Gasteiger charge is 2.31. The second-order valence-corrected chi connectivity index (χ2v) is 5.34. The van der Waals surface area contributed by atoms with Gasteiger partial charge in [0.05, 0.1) is 11.1 Å². The Labute approximate surface area is 144 Å². The topological polar surface area (TPSA) is 81.4 Å². The van der Waals surface area contributed by atoms with Crippen molar-refractivity contribution < 1.29 is 27.8 Å². The number of Topliss-reactive ketones (excluding diaryl/α,β-unsaturated/α-hetero) is 1. The number of aromatic nitrogens is 2. The zero-order valence-corrected chi connectivity index (χ0v) is 13.2. The van der Waals surface area contributed by atoms with Gasteiger partial charge in [0.1, 0.15) is 17.1 Å². The highest BCUT2D eigenvalue weighted by Crippen LogP contribution is 2.29. The van der Waals surface area contributed by atoms with Crippen LogP contribution in [0.15, 0.2) is 47.4 Å². The first-order chi connectivity index (χ1) is 12.2. The van der Waals surface area contributed by atoms with Crippen LogP contribution in [0.4, 0.5) is 13.2 Å². The lowest BCUT2D eigenvalue weighted by Gasteiger charge is -2.14. The third-order valence-electron chi connectivity index (χ3n) is 3.57.